The number of hydrogen-bond acceptors (Lipinski definition) is 5. The Balaban J connectivity index is 1.94. The second-order valence-electron chi connectivity index (χ2n) is 7.76. The lowest BCUT2D eigenvalue weighted by molar-refractivity contribution is 0.0803. The minimum atomic E-state index is -4.01. The highest BCUT2D eigenvalue weighted by atomic mass is 32.2. The number of nitrogens with zero attached hydrogens (tertiary/aromatic N) is 1. The number of sulfonamides is 1. The van der Waals surface area contributed by atoms with Crippen molar-refractivity contribution in [3.8, 4) is 0 Å². The number of benzene rings is 2. The van der Waals surface area contributed by atoms with Crippen LogP contribution in [-0.4, -0.2) is 37.1 Å². The summed E-state index contributed by atoms with van der Waals surface area (Å²) >= 11 is 0. The molecule has 0 bridgehead atoms. The first kappa shape index (κ1) is 21.5. The van der Waals surface area contributed by atoms with Gasteiger partial charge in [-0.15, -0.1) is 4.40 Å². The van der Waals surface area contributed by atoms with Crippen molar-refractivity contribution in [1.29, 1.82) is 0 Å². The minimum Gasteiger partial charge on any atom is -0.472 e. The van der Waals surface area contributed by atoms with E-state index in [2.05, 4.69) is 4.40 Å². The monoisotopic (exact) mass is 419 g/mol. The van der Waals surface area contributed by atoms with Crippen LogP contribution in [0.4, 0.5) is 4.39 Å². The van der Waals surface area contributed by atoms with Gasteiger partial charge in [-0.3, -0.25) is 0 Å². The van der Waals surface area contributed by atoms with Crippen LogP contribution in [0.15, 0.2) is 52.9 Å². The van der Waals surface area contributed by atoms with Crippen molar-refractivity contribution in [1.82, 2.24) is 0 Å². The second kappa shape index (κ2) is 7.89. The van der Waals surface area contributed by atoms with E-state index >= 15 is 0 Å². The molecule has 0 saturated carbocycles. The molecule has 29 heavy (non-hydrogen) atoms. The average molecular weight is 419 g/mol. The largest absolute Gasteiger partial charge is 0.488 e. The molecule has 3 rings (SSSR count). The van der Waals surface area contributed by atoms with Crippen LogP contribution in [-0.2, 0) is 14.8 Å². The maximum atomic E-state index is 14.0. The van der Waals surface area contributed by atoms with Gasteiger partial charge in [-0.1, -0.05) is 49.4 Å². The highest BCUT2D eigenvalue weighted by molar-refractivity contribution is 7.90. The first-order valence-corrected chi connectivity index (χ1v) is 10.7. The van der Waals surface area contributed by atoms with Gasteiger partial charge >= 0.3 is 7.12 Å². The van der Waals surface area contributed by atoms with Crippen molar-refractivity contribution >= 4 is 28.5 Å². The summed E-state index contributed by atoms with van der Waals surface area (Å²) in [6, 6.07) is 12.4. The van der Waals surface area contributed by atoms with Crippen molar-refractivity contribution in [2.75, 3.05) is 0 Å². The van der Waals surface area contributed by atoms with E-state index in [-0.39, 0.29) is 29.5 Å². The van der Waals surface area contributed by atoms with E-state index in [1.807, 2.05) is 0 Å². The van der Waals surface area contributed by atoms with E-state index in [0.29, 0.717) is 11.1 Å². The van der Waals surface area contributed by atoms with E-state index in [9.17, 15) is 22.9 Å². The van der Waals surface area contributed by atoms with Gasteiger partial charge in [0, 0.05) is 6.42 Å². The van der Waals surface area contributed by atoms with Crippen LogP contribution >= 0.6 is 0 Å². The van der Waals surface area contributed by atoms with E-state index in [1.54, 1.807) is 51.1 Å². The quantitative estimate of drug-likeness (QED) is 0.725. The van der Waals surface area contributed by atoms with Gasteiger partial charge in [-0.2, -0.15) is 0 Å². The lowest BCUT2D eigenvalue weighted by Gasteiger charge is -2.38. The molecule has 9 heteroatoms. The van der Waals surface area contributed by atoms with Crippen molar-refractivity contribution in [3.63, 3.8) is 0 Å². The molecule has 0 aliphatic carbocycles. The Morgan fingerprint density at radius 1 is 1.21 bits per heavy atom. The zero-order chi connectivity index (χ0) is 21.4. The van der Waals surface area contributed by atoms with Gasteiger partial charge in [-0.25, -0.2) is 12.8 Å². The molecular formula is C20H23BFNO5S. The summed E-state index contributed by atoms with van der Waals surface area (Å²) in [6.45, 7) is 5.06. The number of hydrogen-bond donors (Lipinski definition) is 2. The second-order valence-corrected chi connectivity index (χ2v) is 9.44. The van der Waals surface area contributed by atoms with Gasteiger partial charge in [-0.05, 0) is 42.4 Å². The summed E-state index contributed by atoms with van der Waals surface area (Å²) in [5.41, 5.74) is -0.174. The predicted octanol–water partition coefficient (Wildman–Crippen LogP) is 2.28. The molecule has 1 aliphatic heterocycles. The fourth-order valence-electron chi connectivity index (χ4n) is 3.71. The minimum absolute atomic E-state index is 0.0281. The summed E-state index contributed by atoms with van der Waals surface area (Å²) in [7, 11) is -5.72. The molecule has 154 valence electrons. The number of rotatable bonds is 5. The Labute approximate surface area is 170 Å². The molecule has 0 amide bonds. The van der Waals surface area contributed by atoms with Crippen LogP contribution in [0.25, 0.3) is 0 Å². The van der Waals surface area contributed by atoms with Gasteiger partial charge in [0.05, 0.1) is 0 Å². The zero-order valence-corrected chi connectivity index (χ0v) is 17.2. The van der Waals surface area contributed by atoms with Gasteiger partial charge in [0.25, 0.3) is 10.0 Å². The lowest BCUT2D eigenvalue weighted by atomic mass is 9.79. The molecule has 0 aromatic heterocycles. The molecule has 0 fully saturated rings. The van der Waals surface area contributed by atoms with Gasteiger partial charge in [0.1, 0.15) is 16.7 Å². The molecular weight excluding hydrogens is 396 g/mol. The first-order valence-electron chi connectivity index (χ1n) is 9.23. The van der Waals surface area contributed by atoms with E-state index in [1.165, 1.54) is 18.2 Å². The molecule has 6 nitrogen and oxygen atoms in total. The summed E-state index contributed by atoms with van der Waals surface area (Å²) in [5, 5.41) is 17.7. The van der Waals surface area contributed by atoms with Crippen molar-refractivity contribution in [2.45, 2.75) is 44.0 Å². The predicted molar refractivity (Wildman–Crippen MR) is 110 cm³/mol. The van der Waals surface area contributed by atoms with Crippen LogP contribution in [0, 0.1) is 5.82 Å². The fourth-order valence-corrected chi connectivity index (χ4v) is 5.47. The van der Waals surface area contributed by atoms with Gasteiger partial charge in [0.15, 0.2) is 0 Å². The van der Waals surface area contributed by atoms with Crippen LogP contribution in [0.3, 0.4) is 0 Å². The average Bonchev–Trinajstić information content (AvgIpc) is 2.60. The molecule has 1 aliphatic rings. The van der Waals surface area contributed by atoms with Crippen molar-refractivity contribution in [3.05, 3.63) is 65.5 Å². The van der Waals surface area contributed by atoms with Crippen LogP contribution in [0.5, 0.6) is 0 Å². The van der Waals surface area contributed by atoms with E-state index in [0.717, 1.165) is 0 Å². The lowest BCUT2D eigenvalue weighted by Crippen LogP contribution is -2.43. The fraction of sp³-hybridized carbons (Fsp3) is 0.350. The summed E-state index contributed by atoms with van der Waals surface area (Å²) in [5.74, 6) is -0.665. The normalized spacial score (nSPS) is 21.0. The Morgan fingerprint density at radius 2 is 1.90 bits per heavy atom. The third-order valence-electron chi connectivity index (χ3n) is 4.97. The standard InChI is InChI=1S/C20H23BFNO5S/c1-13(16-9-4-5-10-17(16)22)11-18-23-29(26,27)19(20(2,3)28-18)14-7-6-8-15(12-14)21(24)25/h4-10,12-13,19,24-25H,11H2,1-3H3/t13-,19?/m1/s1. The molecule has 1 unspecified atom stereocenters. The van der Waals surface area contributed by atoms with Crippen molar-refractivity contribution in [2.24, 2.45) is 4.40 Å². The Kier molecular flexibility index (Phi) is 5.85. The highest BCUT2D eigenvalue weighted by Gasteiger charge is 2.47. The van der Waals surface area contributed by atoms with Crippen molar-refractivity contribution < 1.29 is 27.6 Å². The van der Waals surface area contributed by atoms with Gasteiger partial charge in [0.2, 0.25) is 5.90 Å². The van der Waals surface area contributed by atoms with Gasteiger partial charge < -0.3 is 14.8 Å². The molecule has 2 atom stereocenters. The molecule has 0 radical (unpaired) electrons. The number of halogens is 1. The van der Waals surface area contributed by atoms with E-state index in [4.69, 9.17) is 4.74 Å². The molecule has 2 aromatic rings. The van der Waals surface area contributed by atoms with Crippen LogP contribution in [0.1, 0.15) is 49.5 Å². The topological polar surface area (TPSA) is 96.2 Å². The SMILES string of the molecule is C[C@H](CC1=NS(=O)(=O)C(c2cccc(B(O)O)c2)C(C)(C)O1)c1ccccc1F. The zero-order valence-electron chi connectivity index (χ0n) is 16.4. The van der Waals surface area contributed by atoms with Crippen LogP contribution in [0.2, 0.25) is 0 Å². The molecule has 2 aromatic carbocycles. The maximum absolute atomic E-state index is 14.0. The molecule has 1 heterocycles. The first-order chi connectivity index (χ1) is 13.5. The number of ether oxygens (including phenoxy) is 1. The Bertz CT molecular complexity index is 1040. The third-order valence-corrected chi connectivity index (χ3v) is 6.86. The Morgan fingerprint density at radius 3 is 2.52 bits per heavy atom. The third kappa shape index (κ3) is 4.52. The smallest absolute Gasteiger partial charge is 0.472 e. The van der Waals surface area contributed by atoms with E-state index < -0.39 is 28.0 Å². The Hall–Kier alpha value is -2.23. The summed E-state index contributed by atoms with van der Waals surface area (Å²) < 4.78 is 49.8. The molecule has 0 saturated heterocycles. The van der Waals surface area contributed by atoms with Crippen LogP contribution < -0.4 is 5.46 Å². The molecule has 2 N–H and O–H groups in total. The summed E-state index contributed by atoms with van der Waals surface area (Å²) in [6.07, 6.45) is 0.131. The summed E-state index contributed by atoms with van der Waals surface area (Å²) in [4.78, 5) is 0. The maximum Gasteiger partial charge on any atom is 0.488 e. The molecule has 0 spiro atoms. The highest BCUT2D eigenvalue weighted by Crippen LogP contribution is 2.41.